The van der Waals surface area contributed by atoms with Crippen LogP contribution in [0.5, 0.6) is 5.75 Å². The second-order valence-corrected chi connectivity index (χ2v) is 4.32. The van der Waals surface area contributed by atoms with Crippen LogP contribution in [0.25, 0.3) is 0 Å². The molecule has 2 rings (SSSR count). The third-order valence-electron chi connectivity index (χ3n) is 2.60. The molecule has 0 fully saturated rings. The molecule has 6 heteroatoms. The lowest BCUT2D eigenvalue weighted by atomic mass is 10.0. The predicted octanol–water partition coefficient (Wildman–Crippen LogP) is 3.65. The quantitative estimate of drug-likeness (QED) is 0.532. The highest BCUT2D eigenvalue weighted by atomic mass is 35.5. The molecule has 0 aromatic heterocycles. The summed E-state index contributed by atoms with van der Waals surface area (Å²) >= 11 is 5.82. The maximum Gasteiger partial charge on any atom is 0.387 e. The summed E-state index contributed by atoms with van der Waals surface area (Å²) in [7, 11) is 0. The minimum absolute atomic E-state index is 0.0798. The van der Waals surface area contributed by atoms with Gasteiger partial charge in [-0.05, 0) is 36.4 Å². The summed E-state index contributed by atoms with van der Waals surface area (Å²) in [5, 5.41) is 4.34. The molecule has 0 spiro atoms. The zero-order valence-corrected chi connectivity index (χ0v) is 11.0. The Balaban J connectivity index is 2.26. The molecule has 2 aromatic carbocycles. The van der Waals surface area contributed by atoms with Crippen LogP contribution in [0.3, 0.4) is 0 Å². The lowest BCUT2D eigenvalue weighted by Gasteiger charge is -2.08. The van der Waals surface area contributed by atoms with Gasteiger partial charge in [0.2, 0.25) is 0 Å². The van der Waals surface area contributed by atoms with Gasteiger partial charge in [0, 0.05) is 16.1 Å². The molecule has 0 saturated heterocycles. The van der Waals surface area contributed by atoms with Crippen LogP contribution in [0.15, 0.2) is 53.6 Å². The maximum atomic E-state index is 12.1. The zero-order valence-electron chi connectivity index (χ0n) is 10.3. The highest BCUT2D eigenvalue weighted by molar-refractivity contribution is 6.30. The van der Waals surface area contributed by atoms with Crippen LogP contribution in [-0.4, -0.2) is 12.3 Å². The Hall–Kier alpha value is -2.14. The van der Waals surface area contributed by atoms with Gasteiger partial charge in [0.25, 0.3) is 0 Å². The van der Waals surface area contributed by atoms with Crippen LogP contribution in [0, 0.1) is 0 Å². The fourth-order valence-electron chi connectivity index (χ4n) is 1.72. The van der Waals surface area contributed by atoms with Crippen molar-refractivity contribution in [3.63, 3.8) is 0 Å². The van der Waals surface area contributed by atoms with Crippen molar-refractivity contribution >= 4 is 17.3 Å². The van der Waals surface area contributed by atoms with Gasteiger partial charge in [-0.15, -0.1) is 0 Å². The van der Waals surface area contributed by atoms with E-state index >= 15 is 0 Å². The molecule has 2 N–H and O–H groups in total. The summed E-state index contributed by atoms with van der Waals surface area (Å²) in [6.07, 6.45) is 0. The molecule has 0 aliphatic rings. The summed E-state index contributed by atoms with van der Waals surface area (Å²) in [6.45, 7) is -2.85. The van der Waals surface area contributed by atoms with Crippen LogP contribution in [0.1, 0.15) is 11.1 Å². The monoisotopic (exact) mass is 296 g/mol. The van der Waals surface area contributed by atoms with Gasteiger partial charge >= 0.3 is 6.61 Å². The molecule has 0 radical (unpaired) electrons. The Bertz CT molecular complexity index is 598. The molecule has 0 saturated carbocycles. The van der Waals surface area contributed by atoms with E-state index in [1.165, 1.54) is 12.1 Å². The van der Waals surface area contributed by atoms with Crippen molar-refractivity contribution in [1.82, 2.24) is 0 Å². The maximum absolute atomic E-state index is 12.1. The number of benzene rings is 2. The van der Waals surface area contributed by atoms with Crippen molar-refractivity contribution in [2.24, 2.45) is 10.9 Å². The zero-order chi connectivity index (χ0) is 14.5. The number of ether oxygens (including phenoxy) is 1. The average molecular weight is 297 g/mol. The number of hydrazone groups is 1. The van der Waals surface area contributed by atoms with Crippen LogP contribution in [0.4, 0.5) is 8.78 Å². The van der Waals surface area contributed by atoms with E-state index in [2.05, 4.69) is 9.84 Å². The summed E-state index contributed by atoms with van der Waals surface area (Å²) in [4.78, 5) is 0. The first-order valence-corrected chi connectivity index (χ1v) is 6.07. The van der Waals surface area contributed by atoms with Crippen molar-refractivity contribution in [3.8, 4) is 5.75 Å². The molecule has 0 heterocycles. The first kappa shape index (κ1) is 14.3. The summed E-state index contributed by atoms with van der Waals surface area (Å²) in [5.74, 6) is 5.48. The van der Waals surface area contributed by atoms with Gasteiger partial charge in [0.05, 0.1) is 5.71 Å². The molecule has 3 nitrogen and oxygen atoms in total. The smallest absolute Gasteiger partial charge is 0.387 e. The van der Waals surface area contributed by atoms with Crippen LogP contribution < -0.4 is 10.6 Å². The van der Waals surface area contributed by atoms with Gasteiger partial charge in [-0.2, -0.15) is 13.9 Å². The summed E-state index contributed by atoms with van der Waals surface area (Å²) < 4.78 is 28.4. The molecule has 20 heavy (non-hydrogen) atoms. The van der Waals surface area contributed by atoms with Gasteiger partial charge in [-0.25, -0.2) is 0 Å². The lowest BCUT2D eigenvalue weighted by Crippen LogP contribution is -2.07. The van der Waals surface area contributed by atoms with E-state index in [1.807, 2.05) is 0 Å². The lowest BCUT2D eigenvalue weighted by molar-refractivity contribution is -0.0498. The van der Waals surface area contributed by atoms with E-state index in [1.54, 1.807) is 36.4 Å². The van der Waals surface area contributed by atoms with Gasteiger partial charge in [-0.1, -0.05) is 23.7 Å². The second-order valence-electron chi connectivity index (χ2n) is 3.89. The fraction of sp³-hybridized carbons (Fsp3) is 0.0714. The Morgan fingerprint density at radius 1 is 1.00 bits per heavy atom. The number of alkyl halides is 2. The van der Waals surface area contributed by atoms with E-state index < -0.39 is 6.61 Å². The first-order valence-electron chi connectivity index (χ1n) is 5.69. The third kappa shape index (κ3) is 3.45. The molecule has 0 aliphatic carbocycles. The van der Waals surface area contributed by atoms with Crippen LogP contribution in [0.2, 0.25) is 5.02 Å². The molecular weight excluding hydrogens is 286 g/mol. The highest BCUT2D eigenvalue weighted by Gasteiger charge is 2.09. The van der Waals surface area contributed by atoms with Crippen molar-refractivity contribution in [3.05, 3.63) is 64.7 Å². The Kier molecular flexibility index (Phi) is 4.53. The SMILES string of the molecule is NN=C(c1ccc(Cl)cc1)c1ccc(OC(F)F)cc1. The summed E-state index contributed by atoms with van der Waals surface area (Å²) in [6, 6.07) is 13.1. The molecule has 0 bridgehead atoms. The topological polar surface area (TPSA) is 47.6 Å². The number of hydrogen-bond acceptors (Lipinski definition) is 3. The van der Waals surface area contributed by atoms with Crippen molar-refractivity contribution < 1.29 is 13.5 Å². The molecule has 2 aromatic rings. The summed E-state index contributed by atoms with van der Waals surface area (Å²) in [5.41, 5.74) is 2.00. The van der Waals surface area contributed by atoms with E-state index in [0.717, 1.165) is 5.56 Å². The van der Waals surface area contributed by atoms with E-state index in [0.29, 0.717) is 16.3 Å². The van der Waals surface area contributed by atoms with Gasteiger partial charge in [0.1, 0.15) is 5.75 Å². The molecule has 104 valence electrons. The number of rotatable bonds is 4. The Morgan fingerprint density at radius 3 is 1.95 bits per heavy atom. The number of halogens is 3. The minimum atomic E-state index is -2.85. The fourth-order valence-corrected chi connectivity index (χ4v) is 1.84. The van der Waals surface area contributed by atoms with Crippen LogP contribution in [-0.2, 0) is 0 Å². The second kappa shape index (κ2) is 6.34. The Labute approximate surface area is 119 Å². The normalized spacial score (nSPS) is 11.7. The number of nitrogens with zero attached hydrogens (tertiary/aromatic N) is 1. The van der Waals surface area contributed by atoms with Crippen molar-refractivity contribution in [1.29, 1.82) is 0 Å². The van der Waals surface area contributed by atoms with E-state index in [9.17, 15) is 8.78 Å². The first-order chi connectivity index (χ1) is 9.60. The van der Waals surface area contributed by atoms with Gasteiger partial charge in [-0.3, -0.25) is 0 Å². The van der Waals surface area contributed by atoms with Crippen molar-refractivity contribution in [2.45, 2.75) is 6.61 Å². The molecule has 0 aliphatic heterocycles. The van der Waals surface area contributed by atoms with E-state index in [-0.39, 0.29) is 5.75 Å². The Morgan fingerprint density at radius 2 is 1.50 bits per heavy atom. The largest absolute Gasteiger partial charge is 0.435 e. The molecule has 0 unspecified atom stereocenters. The number of hydrogen-bond donors (Lipinski definition) is 1. The number of nitrogens with two attached hydrogens (primary N) is 1. The predicted molar refractivity (Wildman–Crippen MR) is 74.4 cm³/mol. The van der Waals surface area contributed by atoms with Gasteiger partial charge < -0.3 is 10.6 Å². The average Bonchev–Trinajstić information content (AvgIpc) is 2.43. The van der Waals surface area contributed by atoms with Crippen molar-refractivity contribution in [2.75, 3.05) is 0 Å². The molecule has 0 amide bonds. The third-order valence-corrected chi connectivity index (χ3v) is 2.85. The highest BCUT2D eigenvalue weighted by Crippen LogP contribution is 2.18. The van der Waals surface area contributed by atoms with E-state index in [4.69, 9.17) is 17.4 Å². The standard InChI is InChI=1S/C14H11ClF2N2O/c15-11-5-1-9(2-6-11)13(19-18)10-3-7-12(8-4-10)20-14(16)17/h1-8,14H,18H2. The van der Waals surface area contributed by atoms with Gasteiger partial charge in [0.15, 0.2) is 0 Å². The molecule has 0 atom stereocenters. The molecular formula is C14H11ClF2N2O. The minimum Gasteiger partial charge on any atom is -0.435 e. The van der Waals surface area contributed by atoms with Crippen LogP contribution >= 0.6 is 11.6 Å².